The Labute approximate surface area is 123 Å². The van der Waals surface area contributed by atoms with Crippen LogP contribution in [0.1, 0.15) is 40.7 Å². The minimum absolute atomic E-state index is 0.231. The first-order chi connectivity index (χ1) is 9.95. The number of ketones is 1. The molecule has 6 heteroatoms. The van der Waals surface area contributed by atoms with E-state index in [9.17, 15) is 14.4 Å². The van der Waals surface area contributed by atoms with E-state index < -0.39 is 11.7 Å². The first-order valence-corrected chi connectivity index (χ1v) is 6.92. The molecule has 1 aliphatic rings. The normalized spacial score (nSPS) is 13.6. The SMILES string of the molecule is Cc1cc(C)c2c(c1)N(CCCCC(=O)NN)C(=O)C2=O. The van der Waals surface area contributed by atoms with Crippen molar-refractivity contribution in [3.05, 3.63) is 28.8 Å². The maximum absolute atomic E-state index is 12.1. The quantitative estimate of drug-likeness (QED) is 0.278. The van der Waals surface area contributed by atoms with E-state index in [2.05, 4.69) is 5.43 Å². The largest absolute Gasteiger partial charge is 0.305 e. The number of nitrogens with zero attached hydrogens (tertiary/aromatic N) is 1. The lowest BCUT2D eigenvalue weighted by molar-refractivity contribution is -0.121. The molecule has 0 saturated carbocycles. The minimum atomic E-state index is -0.484. The van der Waals surface area contributed by atoms with E-state index >= 15 is 0 Å². The molecule has 1 aliphatic heterocycles. The first-order valence-electron chi connectivity index (χ1n) is 6.92. The zero-order chi connectivity index (χ0) is 15.6. The van der Waals surface area contributed by atoms with Crippen molar-refractivity contribution in [1.29, 1.82) is 0 Å². The molecule has 21 heavy (non-hydrogen) atoms. The number of unbranched alkanes of at least 4 members (excludes halogenated alkanes) is 1. The van der Waals surface area contributed by atoms with Crippen molar-refractivity contribution in [2.75, 3.05) is 11.4 Å². The lowest BCUT2D eigenvalue weighted by atomic mass is 10.0. The Balaban J connectivity index is 2.10. The molecule has 1 aromatic rings. The molecule has 1 heterocycles. The summed E-state index contributed by atoms with van der Waals surface area (Å²) in [6, 6.07) is 3.76. The number of carbonyl (C=O) groups is 3. The average Bonchev–Trinajstić information content (AvgIpc) is 2.67. The Morgan fingerprint density at radius 2 is 1.95 bits per heavy atom. The summed E-state index contributed by atoms with van der Waals surface area (Å²) in [4.78, 5) is 36.7. The summed E-state index contributed by atoms with van der Waals surface area (Å²) in [5.74, 6) is 3.85. The number of fused-ring (bicyclic) bond motifs is 1. The third-order valence-electron chi connectivity index (χ3n) is 3.61. The molecule has 0 fully saturated rings. The second-order valence-electron chi connectivity index (χ2n) is 5.29. The van der Waals surface area contributed by atoms with Gasteiger partial charge in [0.25, 0.3) is 11.7 Å². The number of Topliss-reactive ketones (excluding diaryl/α,β-unsaturated/α-hetero) is 1. The molecule has 0 spiro atoms. The molecular weight excluding hydrogens is 270 g/mol. The molecule has 6 nitrogen and oxygen atoms in total. The van der Waals surface area contributed by atoms with Crippen molar-refractivity contribution >= 4 is 23.3 Å². The Kier molecular flexibility index (Phi) is 4.37. The molecule has 0 atom stereocenters. The number of rotatable bonds is 5. The fourth-order valence-electron chi connectivity index (χ4n) is 2.64. The number of hydrogen-bond donors (Lipinski definition) is 2. The number of benzene rings is 1. The van der Waals surface area contributed by atoms with Crippen LogP contribution in [0.2, 0.25) is 0 Å². The van der Waals surface area contributed by atoms with Crippen LogP contribution in [0, 0.1) is 13.8 Å². The number of carbonyl (C=O) groups excluding carboxylic acids is 3. The number of amides is 2. The molecule has 0 aliphatic carbocycles. The summed E-state index contributed by atoms with van der Waals surface area (Å²) in [7, 11) is 0. The minimum Gasteiger partial charge on any atom is -0.305 e. The van der Waals surface area contributed by atoms with Crippen molar-refractivity contribution in [3.8, 4) is 0 Å². The molecule has 112 valence electrons. The molecule has 0 radical (unpaired) electrons. The van der Waals surface area contributed by atoms with Gasteiger partial charge in [-0.15, -0.1) is 0 Å². The standard InChI is InChI=1S/C15H19N3O3/c1-9-7-10(2)13-11(8-9)18(15(21)14(13)20)6-4-3-5-12(19)17-16/h7-8H,3-6,16H2,1-2H3,(H,17,19). The van der Waals surface area contributed by atoms with E-state index in [4.69, 9.17) is 5.84 Å². The highest BCUT2D eigenvalue weighted by Gasteiger charge is 2.36. The number of hydrogen-bond acceptors (Lipinski definition) is 4. The number of nitrogens with one attached hydrogen (secondary N) is 1. The molecular formula is C15H19N3O3. The van der Waals surface area contributed by atoms with Gasteiger partial charge < -0.3 is 4.90 Å². The van der Waals surface area contributed by atoms with Gasteiger partial charge in [0.15, 0.2) is 0 Å². The lowest BCUT2D eigenvalue weighted by Gasteiger charge is -2.17. The van der Waals surface area contributed by atoms with Crippen molar-refractivity contribution in [2.24, 2.45) is 5.84 Å². The Morgan fingerprint density at radius 1 is 1.24 bits per heavy atom. The Bertz CT molecular complexity index is 610. The summed E-state index contributed by atoms with van der Waals surface area (Å²) in [6.07, 6.45) is 1.56. The summed E-state index contributed by atoms with van der Waals surface area (Å²) in [5, 5.41) is 0. The van der Waals surface area contributed by atoms with Crippen LogP contribution in [0.4, 0.5) is 5.69 Å². The molecule has 0 aromatic heterocycles. The van der Waals surface area contributed by atoms with Gasteiger partial charge in [-0.05, 0) is 43.9 Å². The van der Waals surface area contributed by atoms with E-state index in [1.54, 1.807) is 0 Å². The number of hydrazine groups is 1. The van der Waals surface area contributed by atoms with Crippen LogP contribution in [-0.2, 0) is 9.59 Å². The van der Waals surface area contributed by atoms with Gasteiger partial charge in [-0.25, -0.2) is 5.84 Å². The van der Waals surface area contributed by atoms with Crippen LogP contribution in [-0.4, -0.2) is 24.1 Å². The summed E-state index contributed by atoms with van der Waals surface area (Å²) < 4.78 is 0. The molecule has 0 saturated heterocycles. The van der Waals surface area contributed by atoms with Crippen LogP contribution < -0.4 is 16.2 Å². The second kappa shape index (κ2) is 6.05. The fourth-order valence-corrected chi connectivity index (χ4v) is 2.64. The highest BCUT2D eigenvalue weighted by atomic mass is 16.2. The fraction of sp³-hybridized carbons (Fsp3) is 0.400. The number of anilines is 1. The zero-order valence-corrected chi connectivity index (χ0v) is 12.2. The smallest absolute Gasteiger partial charge is 0.299 e. The summed E-state index contributed by atoms with van der Waals surface area (Å²) >= 11 is 0. The highest BCUT2D eigenvalue weighted by molar-refractivity contribution is 6.52. The second-order valence-corrected chi connectivity index (χ2v) is 5.29. The van der Waals surface area contributed by atoms with Gasteiger partial charge in [-0.2, -0.15) is 0 Å². The van der Waals surface area contributed by atoms with Crippen molar-refractivity contribution in [3.63, 3.8) is 0 Å². The number of nitrogens with two attached hydrogens (primary N) is 1. The molecule has 1 aromatic carbocycles. The predicted molar refractivity (Wildman–Crippen MR) is 78.8 cm³/mol. The predicted octanol–water partition coefficient (Wildman–Crippen LogP) is 0.993. The first kappa shape index (κ1) is 15.2. The van der Waals surface area contributed by atoms with E-state index in [0.29, 0.717) is 37.1 Å². The number of aryl methyl sites for hydroxylation is 2. The van der Waals surface area contributed by atoms with Crippen molar-refractivity contribution in [2.45, 2.75) is 33.1 Å². The maximum Gasteiger partial charge on any atom is 0.299 e. The zero-order valence-electron chi connectivity index (χ0n) is 12.2. The van der Waals surface area contributed by atoms with Gasteiger partial charge in [0.2, 0.25) is 5.91 Å². The van der Waals surface area contributed by atoms with Crippen molar-refractivity contribution < 1.29 is 14.4 Å². The Morgan fingerprint density at radius 3 is 2.62 bits per heavy atom. The van der Waals surface area contributed by atoms with E-state index in [-0.39, 0.29) is 5.91 Å². The van der Waals surface area contributed by atoms with Gasteiger partial charge in [0.05, 0.1) is 11.3 Å². The van der Waals surface area contributed by atoms with Gasteiger partial charge in [-0.1, -0.05) is 6.07 Å². The van der Waals surface area contributed by atoms with E-state index in [1.807, 2.05) is 26.0 Å². The Hall–Kier alpha value is -2.21. The van der Waals surface area contributed by atoms with Crippen LogP contribution >= 0.6 is 0 Å². The van der Waals surface area contributed by atoms with E-state index in [0.717, 1.165) is 11.1 Å². The lowest BCUT2D eigenvalue weighted by Crippen LogP contribution is -2.32. The van der Waals surface area contributed by atoms with Crippen molar-refractivity contribution in [1.82, 2.24) is 5.43 Å². The molecule has 2 rings (SSSR count). The van der Waals surface area contributed by atoms with Gasteiger partial charge in [0.1, 0.15) is 0 Å². The molecule has 3 N–H and O–H groups in total. The van der Waals surface area contributed by atoms with E-state index in [1.165, 1.54) is 4.90 Å². The van der Waals surface area contributed by atoms with Crippen LogP contribution in [0.25, 0.3) is 0 Å². The highest BCUT2D eigenvalue weighted by Crippen LogP contribution is 2.32. The molecule has 2 amide bonds. The van der Waals surface area contributed by atoms with Crippen LogP contribution in [0.5, 0.6) is 0 Å². The van der Waals surface area contributed by atoms with Gasteiger partial charge in [0, 0.05) is 13.0 Å². The van der Waals surface area contributed by atoms with Gasteiger partial charge in [-0.3, -0.25) is 19.8 Å². The molecule has 0 bridgehead atoms. The third kappa shape index (κ3) is 2.95. The summed E-state index contributed by atoms with van der Waals surface area (Å²) in [5.41, 5.74) is 5.10. The summed E-state index contributed by atoms with van der Waals surface area (Å²) in [6.45, 7) is 4.20. The molecule has 0 unspecified atom stereocenters. The monoisotopic (exact) mass is 289 g/mol. The third-order valence-corrected chi connectivity index (χ3v) is 3.61. The van der Waals surface area contributed by atoms with Gasteiger partial charge >= 0.3 is 0 Å². The van der Waals surface area contributed by atoms with Crippen LogP contribution in [0.3, 0.4) is 0 Å². The van der Waals surface area contributed by atoms with Crippen LogP contribution in [0.15, 0.2) is 12.1 Å². The maximum atomic E-state index is 12.1. The topological polar surface area (TPSA) is 92.5 Å². The average molecular weight is 289 g/mol.